The minimum atomic E-state index is -4.34. The number of esters is 1. The predicted octanol–water partition coefficient (Wildman–Crippen LogP) is 2.67. The Morgan fingerprint density at radius 1 is 1.21 bits per heavy atom. The van der Waals surface area contributed by atoms with Crippen molar-refractivity contribution in [1.82, 2.24) is 0 Å². The van der Waals surface area contributed by atoms with Crippen LogP contribution in [0.5, 0.6) is 5.75 Å². The van der Waals surface area contributed by atoms with E-state index in [1.165, 1.54) is 25.1 Å². The molecule has 150 valence electrons. The second-order valence-corrected chi connectivity index (χ2v) is 7.53. The minimum absolute atomic E-state index is 0.126. The summed E-state index contributed by atoms with van der Waals surface area (Å²) in [6, 6.07) is 9.84. The molecule has 2 aromatic carbocycles. The van der Waals surface area contributed by atoms with Gasteiger partial charge in [-0.25, -0.2) is 8.42 Å². The molecule has 0 heterocycles. The molecule has 0 aliphatic carbocycles. The van der Waals surface area contributed by atoms with Crippen LogP contribution < -0.4 is 9.04 Å². The van der Waals surface area contributed by atoms with Gasteiger partial charge in [-0.2, -0.15) is 0 Å². The molecule has 2 rings (SSSR count). The first kappa shape index (κ1) is 21.2. The predicted molar refractivity (Wildman–Crippen MR) is 102 cm³/mol. The maximum Gasteiger partial charge on any atom is 0.326 e. The molecule has 0 bridgehead atoms. The number of nitrogens with zero attached hydrogens (tertiary/aromatic N) is 2. The van der Waals surface area contributed by atoms with Crippen LogP contribution in [-0.2, 0) is 19.6 Å². The molecule has 9 nitrogen and oxygen atoms in total. The summed E-state index contributed by atoms with van der Waals surface area (Å²) < 4.78 is 37.7. The molecule has 0 saturated carbocycles. The molecule has 0 atom stereocenters. The Balaban J connectivity index is 2.69. The van der Waals surface area contributed by atoms with Crippen LogP contribution in [0.1, 0.15) is 12.5 Å². The van der Waals surface area contributed by atoms with Gasteiger partial charge in [-0.1, -0.05) is 18.2 Å². The van der Waals surface area contributed by atoms with E-state index in [-0.39, 0.29) is 28.6 Å². The van der Waals surface area contributed by atoms with E-state index in [4.69, 9.17) is 4.74 Å². The van der Waals surface area contributed by atoms with Crippen LogP contribution in [0.2, 0.25) is 0 Å². The first-order chi connectivity index (χ1) is 13.2. The highest BCUT2D eigenvalue weighted by atomic mass is 32.2. The molecule has 0 aromatic heterocycles. The molecule has 0 spiro atoms. The number of hydrogen-bond donors (Lipinski definition) is 0. The van der Waals surface area contributed by atoms with Crippen molar-refractivity contribution in [3.63, 3.8) is 0 Å². The zero-order valence-corrected chi connectivity index (χ0v) is 16.4. The van der Waals surface area contributed by atoms with Crippen LogP contribution in [0, 0.1) is 17.0 Å². The first-order valence-corrected chi connectivity index (χ1v) is 9.72. The molecule has 0 aliphatic rings. The smallest absolute Gasteiger partial charge is 0.326 e. The molecule has 0 saturated heterocycles. The monoisotopic (exact) mass is 408 g/mol. The molecular weight excluding hydrogens is 388 g/mol. The maximum absolute atomic E-state index is 13.4. The van der Waals surface area contributed by atoms with Gasteiger partial charge in [0, 0.05) is 12.1 Å². The van der Waals surface area contributed by atoms with Gasteiger partial charge in [-0.05, 0) is 31.5 Å². The highest BCUT2D eigenvalue weighted by Gasteiger charge is 2.32. The van der Waals surface area contributed by atoms with Crippen LogP contribution in [0.15, 0.2) is 47.4 Å². The van der Waals surface area contributed by atoms with Crippen molar-refractivity contribution in [2.24, 2.45) is 0 Å². The summed E-state index contributed by atoms with van der Waals surface area (Å²) in [7, 11) is -3.20. The Labute approximate surface area is 162 Å². The van der Waals surface area contributed by atoms with Crippen molar-refractivity contribution >= 4 is 27.4 Å². The van der Waals surface area contributed by atoms with Gasteiger partial charge in [0.25, 0.3) is 15.7 Å². The molecular formula is C18H20N2O7S. The number of methoxy groups -OCH3 is 1. The normalized spacial score (nSPS) is 11.0. The van der Waals surface area contributed by atoms with Gasteiger partial charge in [-0.15, -0.1) is 0 Å². The van der Waals surface area contributed by atoms with Crippen LogP contribution >= 0.6 is 0 Å². The lowest BCUT2D eigenvalue weighted by Crippen LogP contribution is -2.37. The molecule has 10 heteroatoms. The lowest BCUT2D eigenvalue weighted by atomic mass is 10.2. The van der Waals surface area contributed by atoms with E-state index >= 15 is 0 Å². The summed E-state index contributed by atoms with van der Waals surface area (Å²) in [5, 5.41) is 11.1. The number of nitro benzene ring substituents is 1. The number of benzene rings is 2. The average molecular weight is 408 g/mol. The van der Waals surface area contributed by atoms with Gasteiger partial charge in [0.05, 0.1) is 29.2 Å². The topological polar surface area (TPSA) is 116 Å². The Bertz CT molecular complexity index is 989. The van der Waals surface area contributed by atoms with Crippen molar-refractivity contribution in [2.75, 3.05) is 24.6 Å². The Kier molecular flexibility index (Phi) is 6.57. The Morgan fingerprint density at radius 3 is 2.50 bits per heavy atom. The molecule has 0 N–H and O–H groups in total. The van der Waals surface area contributed by atoms with Gasteiger partial charge in [0.2, 0.25) is 0 Å². The van der Waals surface area contributed by atoms with E-state index in [1.807, 2.05) is 0 Å². The number of sulfonamides is 1. The third kappa shape index (κ3) is 4.39. The molecule has 28 heavy (non-hydrogen) atoms. The average Bonchev–Trinajstić information content (AvgIpc) is 2.66. The molecule has 2 aromatic rings. The summed E-state index contributed by atoms with van der Waals surface area (Å²) in [5.41, 5.74) is 0.0512. The van der Waals surface area contributed by atoms with E-state index in [1.54, 1.807) is 25.1 Å². The Morgan fingerprint density at radius 2 is 1.89 bits per heavy atom. The number of nitro groups is 1. The number of para-hydroxylation sites is 2. The number of rotatable bonds is 8. The fourth-order valence-electron chi connectivity index (χ4n) is 2.52. The van der Waals surface area contributed by atoms with Crippen molar-refractivity contribution in [3.8, 4) is 5.75 Å². The number of hydrogen-bond acceptors (Lipinski definition) is 7. The molecule has 0 unspecified atom stereocenters. The van der Waals surface area contributed by atoms with E-state index in [9.17, 15) is 23.3 Å². The summed E-state index contributed by atoms with van der Waals surface area (Å²) in [6.07, 6.45) is 0. The van der Waals surface area contributed by atoms with Crippen LogP contribution in [0.4, 0.5) is 11.4 Å². The van der Waals surface area contributed by atoms with E-state index in [0.29, 0.717) is 5.56 Å². The van der Waals surface area contributed by atoms with Gasteiger partial charge in [-0.3, -0.25) is 19.2 Å². The summed E-state index contributed by atoms with van der Waals surface area (Å²) in [4.78, 5) is 22.1. The lowest BCUT2D eigenvalue weighted by Gasteiger charge is -2.25. The third-order valence-corrected chi connectivity index (χ3v) is 5.79. The lowest BCUT2D eigenvalue weighted by molar-refractivity contribution is -0.385. The SMILES string of the molecule is CCOc1ccccc1N(CC(=O)OC)S(=O)(=O)c1cc([N+](=O)[O-])ccc1C. The second kappa shape index (κ2) is 8.70. The first-order valence-electron chi connectivity index (χ1n) is 8.28. The van der Waals surface area contributed by atoms with Crippen molar-refractivity contribution in [2.45, 2.75) is 18.7 Å². The van der Waals surface area contributed by atoms with Crippen LogP contribution in [0.3, 0.4) is 0 Å². The highest BCUT2D eigenvalue weighted by Crippen LogP contribution is 2.34. The quantitative estimate of drug-likeness (QED) is 0.374. The fourth-order valence-corrected chi connectivity index (χ4v) is 4.19. The number of ether oxygens (including phenoxy) is 2. The second-order valence-electron chi connectivity index (χ2n) is 5.70. The van der Waals surface area contributed by atoms with Gasteiger partial charge in [0.15, 0.2) is 0 Å². The molecule has 0 aliphatic heterocycles. The van der Waals surface area contributed by atoms with Gasteiger partial charge < -0.3 is 9.47 Å². The molecule has 0 radical (unpaired) electrons. The number of carbonyl (C=O) groups is 1. The fraction of sp³-hybridized carbons (Fsp3) is 0.278. The number of carbonyl (C=O) groups excluding carboxylic acids is 1. The molecule has 0 amide bonds. The van der Waals surface area contributed by atoms with Crippen LogP contribution in [0.25, 0.3) is 0 Å². The summed E-state index contributed by atoms with van der Waals surface area (Å²) in [5.74, 6) is -0.543. The van der Waals surface area contributed by atoms with E-state index < -0.39 is 27.5 Å². The van der Waals surface area contributed by atoms with Gasteiger partial charge >= 0.3 is 5.97 Å². The minimum Gasteiger partial charge on any atom is -0.492 e. The summed E-state index contributed by atoms with van der Waals surface area (Å²) >= 11 is 0. The Hall–Kier alpha value is -3.14. The van der Waals surface area contributed by atoms with Gasteiger partial charge in [0.1, 0.15) is 12.3 Å². The third-order valence-electron chi connectivity index (χ3n) is 3.88. The number of aryl methyl sites for hydroxylation is 1. The zero-order chi connectivity index (χ0) is 20.9. The maximum atomic E-state index is 13.4. The number of non-ortho nitro benzene ring substituents is 1. The van der Waals surface area contributed by atoms with Crippen LogP contribution in [-0.4, -0.2) is 39.6 Å². The van der Waals surface area contributed by atoms with Crippen molar-refractivity contribution in [3.05, 3.63) is 58.1 Å². The van der Waals surface area contributed by atoms with E-state index in [2.05, 4.69) is 4.74 Å². The van der Waals surface area contributed by atoms with Crippen molar-refractivity contribution < 1.29 is 27.6 Å². The summed E-state index contributed by atoms with van der Waals surface area (Å²) in [6.45, 7) is 2.91. The largest absolute Gasteiger partial charge is 0.492 e. The van der Waals surface area contributed by atoms with Crippen molar-refractivity contribution in [1.29, 1.82) is 0 Å². The molecule has 0 fully saturated rings. The standard InChI is InChI=1S/C18H20N2O7S/c1-4-27-16-8-6-5-7-15(16)19(12-18(21)26-3)28(24,25)17-11-14(20(22)23)10-9-13(17)2/h5-11H,4,12H2,1-3H3. The van der Waals surface area contributed by atoms with E-state index in [0.717, 1.165) is 17.5 Å². The highest BCUT2D eigenvalue weighted by molar-refractivity contribution is 7.93. The zero-order valence-electron chi connectivity index (χ0n) is 15.6. The number of anilines is 1.